The Kier molecular flexibility index (Phi) is 2.89. The van der Waals surface area contributed by atoms with E-state index in [9.17, 15) is 0 Å². The van der Waals surface area contributed by atoms with Gasteiger partial charge in [-0.05, 0) is 46.3 Å². The first-order chi connectivity index (χ1) is 10.3. The zero-order valence-electron chi connectivity index (χ0n) is 10.8. The fourth-order valence-corrected chi connectivity index (χ4v) is 2.64. The zero-order valence-corrected chi connectivity index (χ0v) is 12.4. The summed E-state index contributed by atoms with van der Waals surface area (Å²) in [5.41, 5.74) is 3.49. The largest absolute Gasteiger partial charge is 0.454 e. The highest BCUT2D eigenvalue weighted by Crippen LogP contribution is 2.37. The van der Waals surface area contributed by atoms with Gasteiger partial charge in [-0.2, -0.15) is 0 Å². The summed E-state index contributed by atoms with van der Waals surface area (Å²) in [6, 6.07) is 11.6. The summed E-state index contributed by atoms with van der Waals surface area (Å²) in [7, 11) is 0. The second-order valence-electron chi connectivity index (χ2n) is 4.54. The lowest BCUT2D eigenvalue weighted by atomic mass is 10.1. The third kappa shape index (κ3) is 2.17. The molecule has 0 saturated carbocycles. The standard InChI is InChI=1S/C15H10BrN3O2/c16-13-3-1-2-10(19-13)15-14(17-7-18-15)9-4-5-11-12(6-9)21-8-20-11/h1-7H,8H2,(H,17,18). The topological polar surface area (TPSA) is 60.0 Å². The Morgan fingerprint density at radius 2 is 2.00 bits per heavy atom. The van der Waals surface area contributed by atoms with E-state index in [0.717, 1.165) is 38.7 Å². The number of halogens is 1. The molecule has 1 aromatic carbocycles. The lowest BCUT2D eigenvalue weighted by Crippen LogP contribution is -1.92. The highest BCUT2D eigenvalue weighted by molar-refractivity contribution is 9.10. The molecular formula is C15H10BrN3O2. The van der Waals surface area contributed by atoms with Crippen molar-refractivity contribution in [2.24, 2.45) is 0 Å². The van der Waals surface area contributed by atoms with Crippen LogP contribution in [0.5, 0.6) is 11.5 Å². The van der Waals surface area contributed by atoms with E-state index >= 15 is 0 Å². The van der Waals surface area contributed by atoms with E-state index in [2.05, 4.69) is 30.9 Å². The van der Waals surface area contributed by atoms with E-state index in [1.165, 1.54) is 0 Å². The van der Waals surface area contributed by atoms with Gasteiger partial charge in [0.1, 0.15) is 4.60 Å². The molecule has 0 aliphatic carbocycles. The Morgan fingerprint density at radius 1 is 1.10 bits per heavy atom. The third-order valence-electron chi connectivity index (χ3n) is 3.26. The summed E-state index contributed by atoms with van der Waals surface area (Å²) in [6.07, 6.45) is 1.66. The Labute approximate surface area is 129 Å². The van der Waals surface area contributed by atoms with Crippen LogP contribution in [0, 0.1) is 0 Å². The van der Waals surface area contributed by atoms with Gasteiger partial charge in [0.25, 0.3) is 0 Å². The number of benzene rings is 1. The normalized spacial score (nSPS) is 12.6. The van der Waals surface area contributed by atoms with Crippen molar-refractivity contribution in [1.29, 1.82) is 0 Å². The van der Waals surface area contributed by atoms with Gasteiger partial charge in [-0.25, -0.2) is 9.97 Å². The van der Waals surface area contributed by atoms with Gasteiger partial charge in [-0.3, -0.25) is 0 Å². The first-order valence-corrected chi connectivity index (χ1v) is 7.17. The molecule has 21 heavy (non-hydrogen) atoms. The highest BCUT2D eigenvalue weighted by Gasteiger charge is 2.17. The number of aromatic nitrogens is 3. The molecule has 1 aliphatic rings. The molecule has 5 nitrogen and oxygen atoms in total. The monoisotopic (exact) mass is 343 g/mol. The molecule has 0 unspecified atom stereocenters. The van der Waals surface area contributed by atoms with Crippen molar-refractivity contribution < 1.29 is 9.47 Å². The third-order valence-corrected chi connectivity index (χ3v) is 3.70. The van der Waals surface area contributed by atoms with E-state index in [1.807, 2.05) is 36.4 Å². The molecule has 1 aliphatic heterocycles. The van der Waals surface area contributed by atoms with Gasteiger partial charge in [0.15, 0.2) is 11.5 Å². The van der Waals surface area contributed by atoms with Gasteiger partial charge >= 0.3 is 0 Å². The number of ether oxygens (including phenoxy) is 2. The predicted octanol–water partition coefficient (Wildman–Crippen LogP) is 3.63. The number of imidazole rings is 1. The average Bonchev–Trinajstić information content (AvgIpc) is 3.15. The molecule has 1 N–H and O–H groups in total. The Morgan fingerprint density at radius 3 is 2.90 bits per heavy atom. The van der Waals surface area contributed by atoms with E-state index in [0.29, 0.717) is 0 Å². The van der Waals surface area contributed by atoms with Crippen LogP contribution in [0.4, 0.5) is 0 Å². The number of pyridine rings is 1. The van der Waals surface area contributed by atoms with Crippen molar-refractivity contribution in [3.8, 4) is 34.1 Å². The van der Waals surface area contributed by atoms with Crippen LogP contribution in [0.1, 0.15) is 0 Å². The molecule has 0 spiro atoms. The fourth-order valence-electron chi connectivity index (χ4n) is 2.30. The van der Waals surface area contributed by atoms with Crippen LogP contribution >= 0.6 is 15.9 Å². The summed E-state index contributed by atoms with van der Waals surface area (Å²) in [4.78, 5) is 12.0. The molecule has 0 fully saturated rings. The van der Waals surface area contributed by atoms with Gasteiger partial charge in [-0.15, -0.1) is 0 Å². The summed E-state index contributed by atoms with van der Waals surface area (Å²) >= 11 is 3.39. The van der Waals surface area contributed by atoms with Gasteiger partial charge in [0.05, 0.1) is 23.4 Å². The first-order valence-electron chi connectivity index (χ1n) is 6.37. The molecule has 0 radical (unpaired) electrons. The van der Waals surface area contributed by atoms with E-state index in [-0.39, 0.29) is 6.79 Å². The number of nitrogens with one attached hydrogen (secondary N) is 1. The molecule has 0 amide bonds. The number of nitrogens with zero attached hydrogens (tertiary/aromatic N) is 2. The minimum atomic E-state index is 0.263. The lowest BCUT2D eigenvalue weighted by molar-refractivity contribution is 0.174. The van der Waals surface area contributed by atoms with E-state index in [4.69, 9.17) is 9.47 Å². The number of fused-ring (bicyclic) bond motifs is 1. The molecular weight excluding hydrogens is 334 g/mol. The number of aromatic amines is 1. The summed E-state index contributed by atoms with van der Waals surface area (Å²) in [5, 5.41) is 0. The number of H-pyrrole nitrogens is 1. The van der Waals surface area contributed by atoms with Crippen LogP contribution in [0.15, 0.2) is 47.3 Å². The Balaban J connectivity index is 1.82. The van der Waals surface area contributed by atoms with Crippen molar-refractivity contribution in [2.75, 3.05) is 6.79 Å². The second kappa shape index (κ2) is 4.89. The fraction of sp³-hybridized carbons (Fsp3) is 0.0667. The number of hydrogen-bond acceptors (Lipinski definition) is 4. The SMILES string of the molecule is Brc1cccc(-c2[nH]cnc2-c2ccc3c(c2)OCO3)n1. The Hall–Kier alpha value is -2.34. The van der Waals surface area contributed by atoms with Gasteiger partial charge in [-0.1, -0.05) is 6.07 Å². The minimum absolute atomic E-state index is 0.263. The molecule has 0 bridgehead atoms. The molecule has 104 valence electrons. The second-order valence-corrected chi connectivity index (χ2v) is 5.35. The molecule has 2 aromatic heterocycles. The molecule has 0 atom stereocenters. The van der Waals surface area contributed by atoms with Crippen molar-refractivity contribution >= 4 is 15.9 Å². The molecule has 6 heteroatoms. The molecule has 3 heterocycles. The zero-order chi connectivity index (χ0) is 14.2. The summed E-state index contributed by atoms with van der Waals surface area (Å²) in [5.74, 6) is 1.50. The van der Waals surface area contributed by atoms with Crippen molar-refractivity contribution in [1.82, 2.24) is 15.0 Å². The quantitative estimate of drug-likeness (QED) is 0.721. The van der Waals surface area contributed by atoms with Crippen LogP contribution in [0.2, 0.25) is 0 Å². The van der Waals surface area contributed by atoms with E-state index < -0.39 is 0 Å². The van der Waals surface area contributed by atoms with Crippen LogP contribution in [-0.2, 0) is 0 Å². The van der Waals surface area contributed by atoms with Crippen molar-refractivity contribution in [3.63, 3.8) is 0 Å². The van der Waals surface area contributed by atoms with Crippen molar-refractivity contribution in [2.45, 2.75) is 0 Å². The van der Waals surface area contributed by atoms with Gasteiger partial charge < -0.3 is 14.5 Å². The van der Waals surface area contributed by atoms with Crippen LogP contribution in [0.25, 0.3) is 22.6 Å². The number of hydrogen-bond donors (Lipinski definition) is 1. The summed E-state index contributed by atoms with van der Waals surface area (Å²) in [6.45, 7) is 0.263. The molecule has 3 aromatic rings. The average molecular weight is 344 g/mol. The lowest BCUT2D eigenvalue weighted by Gasteiger charge is -2.04. The van der Waals surface area contributed by atoms with E-state index in [1.54, 1.807) is 6.33 Å². The van der Waals surface area contributed by atoms with Gasteiger partial charge in [0, 0.05) is 5.56 Å². The molecule has 4 rings (SSSR count). The van der Waals surface area contributed by atoms with Gasteiger partial charge in [0.2, 0.25) is 6.79 Å². The Bertz CT molecular complexity index is 816. The van der Waals surface area contributed by atoms with Crippen molar-refractivity contribution in [3.05, 3.63) is 47.3 Å². The highest BCUT2D eigenvalue weighted by atomic mass is 79.9. The van der Waals surface area contributed by atoms with Crippen LogP contribution in [-0.4, -0.2) is 21.7 Å². The summed E-state index contributed by atoms with van der Waals surface area (Å²) < 4.78 is 11.5. The number of rotatable bonds is 2. The molecule has 0 saturated heterocycles. The maximum atomic E-state index is 5.42. The van der Waals surface area contributed by atoms with Crippen LogP contribution < -0.4 is 9.47 Å². The minimum Gasteiger partial charge on any atom is -0.454 e. The maximum Gasteiger partial charge on any atom is 0.231 e. The maximum absolute atomic E-state index is 5.42. The smallest absolute Gasteiger partial charge is 0.231 e. The predicted molar refractivity (Wildman–Crippen MR) is 81.1 cm³/mol. The first kappa shape index (κ1) is 12.4. The van der Waals surface area contributed by atoms with Crippen LogP contribution in [0.3, 0.4) is 0 Å².